The molecule has 5 heteroatoms. The molecular formula is C22H18N4O. The number of carbonyl (C=O) groups is 1. The van der Waals surface area contributed by atoms with Gasteiger partial charge < -0.3 is 5.32 Å². The predicted octanol–water partition coefficient (Wildman–Crippen LogP) is 4.70. The standard InChI is InChI=1S/C22H18N4O/c1-15-5-2-3-8-20(15)25-22(27)18-7-4-6-17(13-18)21-19(14-24-26-21)16-9-11-23-12-10-16/h2-14H,1H3,(H,24,26)(H,25,27). The minimum Gasteiger partial charge on any atom is -0.322 e. The molecule has 132 valence electrons. The summed E-state index contributed by atoms with van der Waals surface area (Å²) in [6.45, 7) is 1.97. The highest BCUT2D eigenvalue weighted by Crippen LogP contribution is 2.30. The van der Waals surface area contributed by atoms with Gasteiger partial charge in [-0.15, -0.1) is 0 Å². The number of H-pyrrole nitrogens is 1. The average Bonchev–Trinajstić information content (AvgIpc) is 3.20. The first-order chi connectivity index (χ1) is 13.2. The van der Waals surface area contributed by atoms with Gasteiger partial charge in [-0.3, -0.25) is 14.9 Å². The molecule has 2 heterocycles. The molecule has 0 saturated heterocycles. The Balaban J connectivity index is 1.65. The molecule has 4 rings (SSSR count). The van der Waals surface area contributed by atoms with E-state index in [0.29, 0.717) is 5.56 Å². The summed E-state index contributed by atoms with van der Waals surface area (Å²) in [4.78, 5) is 16.8. The summed E-state index contributed by atoms with van der Waals surface area (Å²) in [5.74, 6) is -0.146. The smallest absolute Gasteiger partial charge is 0.255 e. The highest BCUT2D eigenvalue weighted by Gasteiger charge is 2.13. The van der Waals surface area contributed by atoms with Gasteiger partial charge >= 0.3 is 0 Å². The van der Waals surface area contributed by atoms with Crippen LogP contribution in [0.1, 0.15) is 15.9 Å². The summed E-state index contributed by atoms with van der Waals surface area (Å²) in [6, 6.07) is 19.1. The van der Waals surface area contributed by atoms with Crippen molar-refractivity contribution in [2.24, 2.45) is 0 Å². The van der Waals surface area contributed by atoms with Crippen molar-refractivity contribution in [3.8, 4) is 22.4 Å². The van der Waals surface area contributed by atoms with Gasteiger partial charge in [0.1, 0.15) is 0 Å². The molecule has 0 spiro atoms. The Kier molecular flexibility index (Phi) is 4.49. The molecule has 0 aliphatic carbocycles. The maximum absolute atomic E-state index is 12.7. The second kappa shape index (κ2) is 7.25. The lowest BCUT2D eigenvalue weighted by Crippen LogP contribution is -2.12. The van der Waals surface area contributed by atoms with Crippen molar-refractivity contribution >= 4 is 11.6 Å². The lowest BCUT2D eigenvalue weighted by atomic mass is 10.0. The number of aryl methyl sites for hydroxylation is 1. The highest BCUT2D eigenvalue weighted by atomic mass is 16.1. The highest BCUT2D eigenvalue weighted by molar-refractivity contribution is 6.05. The normalized spacial score (nSPS) is 10.6. The van der Waals surface area contributed by atoms with Gasteiger partial charge in [-0.25, -0.2) is 0 Å². The van der Waals surface area contributed by atoms with E-state index in [9.17, 15) is 4.79 Å². The van der Waals surface area contributed by atoms with Crippen LogP contribution in [-0.2, 0) is 0 Å². The van der Waals surface area contributed by atoms with Crippen LogP contribution in [-0.4, -0.2) is 21.1 Å². The van der Waals surface area contributed by atoms with E-state index in [1.54, 1.807) is 18.5 Å². The lowest BCUT2D eigenvalue weighted by molar-refractivity contribution is 0.102. The zero-order valence-electron chi connectivity index (χ0n) is 14.8. The molecule has 0 radical (unpaired) electrons. The van der Waals surface area contributed by atoms with Crippen molar-refractivity contribution in [2.45, 2.75) is 6.92 Å². The Bertz CT molecular complexity index is 1090. The number of pyridine rings is 1. The summed E-state index contributed by atoms with van der Waals surface area (Å²) >= 11 is 0. The quantitative estimate of drug-likeness (QED) is 0.558. The fourth-order valence-electron chi connectivity index (χ4n) is 2.98. The number of anilines is 1. The fraction of sp³-hybridized carbons (Fsp3) is 0.0455. The second-order valence-electron chi connectivity index (χ2n) is 6.23. The number of nitrogens with zero attached hydrogens (tertiary/aromatic N) is 2. The Morgan fingerprint density at radius 1 is 0.963 bits per heavy atom. The summed E-state index contributed by atoms with van der Waals surface area (Å²) in [6.07, 6.45) is 5.35. The summed E-state index contributed by atoms with van der Waals surface area (Å²) in [5, 5.41) is 10.3. The van der Waals surface area contributed by atoms with Gasteiger partial charge in [0.25, 0.3) is 5.91 Å². The third-order valence-corrected chi connectivity index (χ3v) is 4.42. The maximum Gasteiger partial charge on any atom is 0.255 e. The van der Waals surface area contributed by atoms with Crippen molar-refractivity contribution in [3.05, 3.63) is 90.4 Å². The van der Waals surface area contributed by atoms with Crippen LogP contribution in [0.4, 0.5) is 5.69 Å². The van der Waals surface area contributed by atoms with Gasteiger partial charge in [-0.1, -0.05) is 30.3 Å². The minimum absolute atomic E-state index is 0.146. The molecule has 1 amide bonds. The molecule has 0 fully saturated rings. The second-order valence-corrected chi connectivity index (χ2v) is 6.23. The predicted molar refractivity (Wildman–Crippen MR) is 106 cm³/mol. The number of para-hydroxylation sites is 1. The number of benzene rings is 2. The minimum atomic E-state index is -0.146. The average molecular weight is 354 g/mol. The molecule has 0 atom stereocenters. The molecule has 0 aliphatic rings. The SMILES string of the molecule is Cc1ccccc1NC(=O)c1cccc(-c2n[nH]cc2-c2ccncc2)c1. The van der Waals surface area contributed by atoms with Crippen LogP contribution in [0.15, 0.2) is 79.3 Å². The molecule has 5 nitrogen and oxygen atoms in total. The van der Waals surface area contributed by atoms with E-state index in [4.69, 9.17) is 0 Å². The first kappa shape index (κ1) is 16.7. The number of aromatic nitrogens is 3. The van der Waals surface area contributed by atoms with E-state index in [0.717, 1.165) is 33.6 Å². The van der Waals surface area contributed by atoms with Crippen LogP contribution in [0.2, 0.25) is 0 Å². The molecule has 0 saturated carbocycles. The van der Waals surface area contributed by atoms with E-state index in [2.05, 4.69) is 20.5 Å². The molecule has 27 heavy (non-hydrogen) atoms. The topological polar surface area (TPSA) is 70.7 Å². The van der Waals surface area contributed by atoms with Gasteiger partial charge in [-0.2, -0.15) is 5.10 Å². The summed E-state index contributed by atoms with van der Waals surface area (Å²) < 4.78 is 0. The van der Waals surface area contributed by atoms with Crippen molar-refractivity contribution < 1.29 is 4.79 Å². The molecule has 0 unspecified atom stereocenters. The zero-order valence-corrected chi connectivity index (χ0v) is 14.8. The number of aromatic amines is 1. The molecule has 4 aromatic rings. The summed E-state index contributed by atoms with van der Waals surface area (Å²) in [7, 11) is 0. The van der Waals surface area contributed by atoms with Crippen LogP contribution in [0.25, 0.3) is 22.4 Å². The third kappa shape index (κ3) is 3.48. The van der Waals surface area contributed by atoms with Gasteiger partial charge in [0.15, 0.2) is 0 Å². The van der Waals surface area contributed by atoms with E-state index < -0.39 is 0 Å². The third-order valence-electron chi connectivity index (χ3n) is 4.42. The van der Waals surface area contributed by atoms with E-state index >= 15 is 0 Å². The number of amides is 1. The molecule has 2 N–H and O–H groups in total. The van der Waals surface area contributed by atoms with Gasteiger partial charge in [0.05, 0.1) is 5.69 Å². The van der Waals surface area contributed by atoms with Crippen LogP contribution < -0.4 is 5.32 Å². The molecule has 2 aromatic heterocycles. The first-order valence-electron chi connectivity index (χ1n) is 8.64. The van der Waals surface area contributed by atoms with Crippen LogP contribution >= 0.6 is 0 Å². The van der Waals surface area contributed by atoms with Crippen molar-refractivity contribution in [1.82, 2.24) is 15.2 Å². The monoisotopic (exact) mass is 354 g/mol. The number of hydrogen-bond donors (Lipinski definition) is 2. The number of rotatable bonds is 4. The lowest BCUT2D eigenvalue weighted by Gasteiger charge is -2.09. The van der Waals surface area contributed by atoms with Crippen molar-refractivity contribution in [1.29, 1.82) is 0 Å². The van der Waals surface area contributed by atoms with Gasteiger partial charge in [0, 0.05) is 41.0 Å². The van der Waals surface area contributed by atoms with Crippen LogP contribution in [0.3, 0.4) is 0 Å². The van der Waals surface area contributed by atoms with E-state index in [1.807, 2.05) is 67.7 Å². The fourth-order valence-corrected chi connectivity index (χ4v) is 2.98. The largest absolute Gasteiger partial charge is 0.322 e. The number of carbonyl (C=O) groups excluding carboxylic acids is 1. The van der Waals surface area contributed by atoms with Crippen LogP contribution in [0, 0.1) is 6.92 Å². The molecule has 0 aliphatic heterocycles. The Labute approximate surface area is 157 Å². The van der Waals surface area contributed by atoms with Crippen molar-refractivity contribution in [3.63, 3.8) is 0 Å². The summed E-state index contributed by atoms with van der Waals surface area (Å²) in [5.41, 5.74) is 6.07. The van der Waals surface area contributed by atoms with E-state index in [1.165, 1.54) is 0 Å². The Hall–Kier alpha value is -3.73. The number of hydrogen-bond acceptors (Lipinski definition) is 3. The Morgan fingerprint density at radius 2 is 1.78 bits per heavy atom. The molecule has 2 aromatic carbocycles. The van der Waals surface area contributed by atoms with Crippen molar-refractivity contribution in [2.75, 3.05) is 5.32 Å². The molecule has 0 bridgehead atoms. The van der Waals surface area contributed by atoms with Gasteiger partial charge in [-0.05, 0) is 48.4 Å². The molecular weight excluding hydrogens is 336 g/mol. The first-order valence-corrected chi connectivity index (χ1v) is 8.64. The number of nitrogens with one attached hydrogen (secondary N) is 2. The Morgan fingerprint density at radius 3 is 2.59 bits per heavy atom. The van der Waals surface area contributed by atoms with Crippen LogP contribution in [0.5, 0.6) is 0 Å². The maximum atomic E-state index is 12.7. The van der Waals surface area contributed by atoms with Gasteiger partial charge in [0.2, 0.25) is 0 Å². The van der Waals surface area contributed by atoms with E-state index in [-0.39, 0.29) is 5.91 Å². The zero-order chi connectivity index (χ0) is 18.6.